The van der Waals surface area contributed by atoms with Crippen LogP contribution in [-0.2, 0) is 0 Å². The van der Waals surface area contributed by atoms with Crippen molar-refractivity contribution < 1.29 is 0 Å². The predicted octanol–water partition coefficient (Wildman–Crippen LogP) is 11.2. The number of thiophene rings is 2. The summed E-state index contributed by atoms with van der Waals surface area (Å²) in [5.74, 6) is 0. The van der Waals surface area contributed by atoms with Crippen LogP contribution in [0.2, 0.25) is 0 Å². The fraction of sp³-hybridized carbons (Fsp3) is 0. The topological polar surface area (TPSA) is 30.2 Å². The maximum Gasteiger partial charge on any atom is 0.165 e. The van der Waals surface area contributed by atoms with E-state index in [-0.39, 0.29) is 0 Å². The van der Waals surface area contributed by atoms with Gasteiger partial charge in [0.25, 0.3) is 0 Å². The molecule has 0 fully saturated rings. The van der Waals surface area contributed by atoms with Crippen LogP contribution >= 0.6 is 22.7 Å². The smallest absolute Gasteiger partial charge is 0.165 e. The Labute approximate surface area is 252 Å². The first-order valence-corrected chi connectivity index (χ1v) is 16.1. The van der Waals surface area contributed by atoms with E-state index < -0.39 is 0 Å². The first-order valence-electron chi connectivity index (χ1n) is 14.4. The number of benzene rings is 6. The van der Waals surface area contributed by atoms with Gasteiger partial charge in [0.15, 0.2) is 5.65 Å². The molecule has 6 aromatic carbocycles. The zero-order chi connectivity index (χ0) is 27.8. The third-order valence-electron chi connectivity index (χ3n) is 9.11. The minimum atomic E-state index is 0.924. The molecule has 0 saturated carbocycles. The summed E-state index contributed by atoms with van der Waals surface area (Å²) in [6, 6.07) is 41.9. The Kier molecular flexibility index (Phi) is 4.10. The summed E-state index contributed by atoms with van der Waals surface area (Å²) in [6.45, 7) is 0. The third-order valence-corrected chi connectivity index (χ3v) is 11.4. The maximum absolute atomic E-state index is 5.23. The third kappa shape index (κ3) is 2.84. The van der Waals surface area contributed by atoms with Gasteiger partial charge in [-0.1, -0.05) is 72.8 Å². The van der Waals surface area contributed by atoms with Crippen molar-refractivity contribution in [1.82, 2.24) is 14.4 Å². The molecule has 0 unspecified atom stereocenters. The van der Waals surface area contributed by atoms with Crippen LogP contribution in [0.15, 0.2) is 115 Å². The molecule has 5 heterocycles. The largest absolute Gasteiger partial charge is 0.291 e. The number of rotatable bonds is 1. The number of hydrogen-bond acceptors (Lipinski definition) is 4. The molecule has 0 atom stereocenters. The summed E-state index contributed by atoms with van der Waals surface area (Å²) < 4.78 is 7.59. The minimum absolute atomic E-state index is 0.924. The minimum Gasteiger partial charge on any atom is -0.291 e. The Balaban J connectivity index is 1.23. The zero-order valence-corrected chi connectivity index (χ0v) is 24.3. The molecule has 5 heteroatoms. The fourth-order valence-corrected chi connectivity index (χ4v) is 9.61. The molecule has 0 bridgehead atoms. The highest BCUT2D eigenvalue weighted by Crippen LogP contribution is 2.47. The van der Waals surface area contributed by atoms with Crippen LogP contribution in [0, 0.1) is 0 Å². The zero-order valence-electron chi connectivity index (χ0n) is 22.6. The normalized spacial score (nSPS) is 12.7. The second-order valence-corrected chi connectivity index (χ2v) is 13.5. The van der Waals surface area contributed by atoms with Gasteiger partial charge in [-0.3, -0.25) is 4.40 Å². The van der Waals surface area contributed by atoms with E-state index in [0.717, 1.165) is 22.2 Å². The Morgan fingerprint density at radius 1 is 0.488 bits per heavy atom. The van der Waals surface area contributed by atoms with Crippen molar-refractivity contribution in [1.29, 1.82) is 0 Å². The standard InChI is InChI=1S/C38H19N3S2/c1-5-11-30-22(7-1)26-19-27-25-16-14-21(20-13-15-24-23-8-2-6-12-31(23)42-32(24)17-20)18-33(25)43-37(27)34-35-38(41(30)36(26)34)40-29-10-4-3-9-28(29)39-35/h1-19H. The molecule has 0 radical (unpaired) electrons. The van der Waals surface area contributed by atoms with Crippen LogP contribution in [-0.4, -0.2) is 14.4 Å². The number of aromatic nitrogens is 3. The van der Waals surface area contributed by atoms with Gasteiger partial charge >= 0.3 is 0 Å². The molecule has 0 saturated heterocycles. The van der Waals surface area contributed by atoms with Crippen LogP contribution in [0.1, 0.15) is 0 Å². The molecule has 43 heavy (non-hydrogen) atoms. The Bertz CT molecular complexity index is 2960. The van der Waals surface area contributed by atoms with Crippen molar-refractivity contribution in [3.63, 3.8) is 0 Å². The quantitative estimate of drug-likeness (QED) is 0.193. The van der Waals surface area contributed by atoms with Crippen LogP contribution in [0.3, 0.4) is 0 Å². The lowest BCUT2D eigenvalue weighted by Gasteiger charge is -2.03. The molecule has 11 rings (SSSR count). The Morgan fingerprint density at radius 3 is 1.98 bits per heavy atom. The molecule has 0 aliphatic heterocycles. The lowest BCUT2D eigenvalue weighted by molar-refractivity contribution is 1.28. The second kappa shape index (κ2) is 7.84. The molecule has 198 valence electrons. The van der Waals surface area contributed by atoms with Crippen LogP contribution in [0.25, 0.3) is 101 Å². The van der Waals surface area contributed by atoms with Gasteiger partial charge in [0.1, 0.15) is 5.52 Å². The van der Waals surface area contributed by atoms with E-state index in [9.17, 15) is 0 Å². The van der Waals surface area contributed by atoms with Gasteiger partial charge in [-0.15, -0.1) is 22.7 Å². The molecule has 0 amide bonds. The van der Waals surface area contributed by atoms with Crippen molar-refractivity contribution in [2.75, 3.05) is 0 Å². The van der Waals surface area contributed by atoms with Gasteiger partial charge in [0.05, 0.1) is 22.1 Å². The lowest BCUT2D eigenvalue weighted by atomic mass is 10.0. The lowest BCUT2D eigenvalue weighted by Crippen LogP contribution is -1.88. The molecular formula is C38H19N3S2. The van der Waals surface area contributed by atoms with Crippen LogP contribution < -0.4 is 0 Å². The predicted molar refractivity (Wildman–Crippen MR) is 185 cm³/mol. The average molecular weight is 582 g/mol. The summed E-state index contributed by atoms with van der Waals surface area (Å²) in [7, 11) is 0. The number of hydrogen-bond donors (Lipinski definition) is 0. The van der Waals surface area contributed by atoms with E-state index in [1.807, 2.05) is 34.8 Å². The molecule has 0 aliphatic rings. The summed E-state index contributed by atoms with van der Waals surface area (Å²) in [5, 5.41) is 9.00. The molecule has 11 aromatic rings. The molecule has 0 N–H and O–H groups in total. The van der Waals surface area contributed by atoms with Crippen LogP contribution in [0.4, 0.5) is 0 Å². The highest BCUT2D eigenvalue weighted by molar-refractivity contribution is 7.27. The maximum atomic E-state index is 5.23. The summed E-state index contributed by atoms with van der Waals surface area (Å²) >= 11 is 3.75. The summed E-state index contributed by atoms with van der Waals surface area (Å²) in [6.07, 6.45) is 0. The number of fused-ring (bicyclic) bond motifs is 14. The van der Waals surface area contributed by atoms with Gasteiger partial charge in [-0.05, 0) is 53.6 Å². The van der Waals surface area contributed by atoms with Crippen LogP contribution in [0.5, 0.6) is 0 Å². The van der Waals surface area contributed by atoms with Gasteiger partial charge in [-0.2, -0.15) is 0 Å². The second-order valence-electron chi connectivity index (χ2n) is 11.4. The number of para-hydroxylation sites is 3. The molecular weight excluding hydrogens is 563 g/mol. The molecule has 3 nitrogen and oxygen atoms in total. The van der Waals surface area contributed by atoms with E-state index in [2.05, 4.69) is 108 Å². The van der Waals surface area contributed by atoms with Crippen molar-refractivity contribution in [2.45, 2.75) is 0 Å². The van der Waals surface area contributed by atoms with E-state index >= 15 is 0 Å². The average Bonchev–Trinajstić information content (AvgIpc) is 3.79. The summed E-state index contributed by atoms with van der Waals surface area (Å²) in [4.78, 5) is 10.4. The van der Waals surface area contributed by atoms with Gasteiger partial charge in [-0.25, -0.2) is 9.97 Å². The monoisotopic (exact) mass is 581 g/mol. The van der Waals surface area contributed by atoms with Gasteiger partial charge in [0, 0.05) is 56.5 Å². The van der Waals surface area contributed by atoms with Crippen molar-refractivity contribution >= 4 is 112 Å². The first kappa shape index (κ1) is 22.5. The summed E-state index contributed by atoms with van der Waals surface area (Å²) in [5.41, 5.74) is 8.69. The molecule has 0 aliphatic carbocycles. The van der Waals surface area contributed by atoms with Crippen molar-refractivity contribution in [2.24, 2.45) is 0 Å². The highest BCUT2D eigenvalue weighted by atomic mass is 32.1. The Hall–Kier alpha value is -5.10. The SMILES string of the molecule is c1ccc2nc3c(nc2c1)c1c2sc4cc(-c5ccc6c(c5)sc5ccccc56)ccc4c2cc2c4ccccc4n3c21. The molecule has 5 aromatic heterocycles. The first-order chi connectivity index (χ1) is 21.3. The highest BCUT2D eigenvalue weighted by Gasteiger charge is 2.24. The van der Waals surface area contributed by atoms with E-state index in [4.69, 9.17) is 9.97 Å². The van der Waals surface area contributed by atoms with Crippen molar-refractivity contribution in [3.05, 3.63) is 115 Å². The van der Waals surface area contributed by atoms with Gasteiger partial charge < -0.3 is 0 Å². The van der Waals surface area contributed by atoms with E-state index in [1.54, 1.807) is 0 Å². The fourth-order valence-electron chi connectivity index (χ4n) is 7.19. The molecule has 0 spiro atoms. The Morgan fingerprint density at radius 2 is 1.14 bits per heavy atom. The number of nitrogens with zero attached hydrogens (tertiary/aromatic N) is 3. The van der Waals surface area contributed by atoms with Crippen molar-refractivity contribution in [3.8, 4) is 11.1 Å². The van der Waals surface area contributed by atoms with E-state index in [0.29, 0.717) is 0 Å². The van der Waals surface area contributed by atoms with E-state index in [1.165, 1.54) is 78.7 Å². The van der Waals surface area contributed by atoms with Gasteiger partial charge in [0.2, 0.25) is 0 Å².